The Morgan fingerprint density at radius 3 is 2.58 bits per heavy atom. The first kappa shape index (κ1) is 23.9. The second kappa shape index (κ2) is 10.4. The van der Waals surface area contributed by atoms with Gasteiger partial charge < -0.3 is 19.8 Å². The van der Waals surface area contributed by atoms with Crippen molar-refractivity contribution in [2.75, 3.05) is 19.7 Å². The van der Waals surface area contributed by atoms with Crippen molar-refractivity contribution in [1.29, 1.82) is 0 Å². The highest BCUT2D eigenvalue weighted by Crippen LogP contribution is 2.42. The predicted molar refractivity (Wildman–Crippen MR) is 146 cm³/mol. The van der Waals surface area contributed by atoms with Crippen LogP contribution in [-0.2, 0) is 7.05 Å². The Bertz CT molecular complexity index is 1470. The van der Waals surface area contributed by atoms with E-state index in [-0.39, 0.29) is 6.10 Å². The number of rotatable bonds is 10. The highest BCUT2D eigenvalue weighted by Gasteiger charge is 2.18. The van der Waals surface area contributed by atoms with Crippen LogP contribution in [0.4, 0.5) is 0 Å². The highest BCUT2D eigenvalue weighted by molar-refractivity contribution is 6.16. The molecule has 0 aliphatic rings. The second-order valence-corrected chi connectivity index (χ2v) is 9.25. The first-order valence-electron chi connectivity index (χ1n) is 12.6. The van der Waals surface area contributed by atoms with Gasteiger partial charge in [-0.1, -0.05) is 19.1 Å². The molecule has 0 spiro atoms. The molecule has 3 aromatic heterocycles. The van der Waals surface area contributed by atoms with Crippen LogP contribution in [0.3, 0.4) is 0 Å². The van der Waals surface area contributed by atoms with Crippen LogP contribution in [0.5, 0.6) is 11.5 Å². The summed E-state index contributed by atoms with van der Waals surface area (Å²) in [6, 6.07) is 14.6. The van der Waals surface area contributed by atoms with Gasteiger partial charge in [0.15, 0.2) is 0 Å². The molecule has 36 heavy (non-hydrogen) atoms. The summed E-state index contributed by atoms with van der Waals surface area (Å²) < 4.78 is 14.0. The number of nitrogens with one attached hydrogen (secondary N) is 2. The fourth-order valence-corrected chi connectivity index (χ4v) is 4.51. The lowest BCUT2D eigenvalue weighted by molar-refractivity contribution is 0.244. The standard InChI is InChI=1S/C29H33N5O2/c1-5-30-13-6-14-35-22-9-7-20(8-10-22)28-27(36-19(2)3)12-11-24-29(28)23-15-25(31-17-26(23)33-24)21-16-32-34(4)18-21/h7-12,15-19,30,33H,5-6,13-14H2,1-4H3. The van der Waals surface area contributed by atoms with Crippen LogP contribution in [0, 0.1) is 0 Å². The van der Waals surface area contributed by atoms with E-state index in [1.807, 2.05) is 43.8 Å². The number of fused-ring (bicyclic) bond motifs is 3. The van der Waals surface area contributed by atoms with Crippen molar-refractivity contribution >= 4 is 21.8 Å². The summed E-state index contributed by atoms with van der Waals surface area (Å²) >= 11 is 0. The van der Waals surface area contributed by atoms with E-state index in [4.69, 9.17) is 9.47 Å². The summed E-state index contributed by atoms with van der Waals surface area (Å²) in [6.45, 7) is 8.85. The van der Waals surface area contributed by atoms with Gasteiger partial charge in [0.2, 0.25) is 0 Å². The van der Waals surface area contributed by atoms with Crippen LogP contribution in [0.2, 0.25) is 0 Å². The van der Waals surface area contributed by atoms with E-state index >= 15 is 0 Å². The monoisotopic (exact) mass is 483 g/mol. The lowest BCUT2D eigenvalue weighted by Crippen LogP contribution is -2.16. The van der Waals surface area contributed by atoms with Gasteiger partial charge in [0.1, 0.15) is 11.5 Å². The van der Waals surface area contributed by atoms with Crippen molar-refractivity contribution in [3.8, 4) is 33.9 Å². The maximum Gasteiger partial charge on any atom is 0.128 e. The summed E-state index contributed by atoms with van der Waals surface area (Å²) in [7, 11) is 1.91. The zero-order valence-corrected chi connectivity index (χ0v) is 21.3. The average Bonchev–Trinajstić information content (AvgIpc) is 3.47. The molecule has 3 heterocycles. The summed E-state index contributed by atoms with van der Waals surface area (Å²) in [5.41, 5.74) is 6.05. The quantitative estimate of drug-likeness (QED) is 0.240. The minimum Gasteiger partial charge on any atom is -0.494 e. The van der Waals surface area contributed by atoms with E-state index < -0.39 is 0 Å². The number of benzene rings is 2. The van der Waals surface area contributed by atoms with Crippen LogP contribution >= 0.6 is 0 Å². The molecular weight excluding hydrogens is 450 g/mol. The number of hydrogen-bond donors (Lipinski definition) is 2. The third-order valence-electron chi connectivity index (χ3n) is 6.13. The van der Waals surface area contributed by atoms with E-state index in [0.717, 1.165) is 75.2 Å². The summed E-state index contributed by atoms with van der Waals surface area (Å²) in [5, 5.41) is 9.86. The minimum absolute atomic E-state index is 0.0540. The average molecular weight is 484 g/mol. The summed E-state index contributed by atoms with van der Waals surface area (Å²) in [4.78, 5) is 8.22. The molecule has 0 atom stereocenters. The smallest absolute Gasteiger partial charge is 0.128 e. The first-order valence-corrected chi connectivity index (χ1v) is 12.6. The molecule has 2 aromatic carbocycles. The van der Waals surface area contributed by atoms with Crippen molar-refractivity contribution < 1.29 is 9.47 Å². The third-order valence-corrected chi connectivity index (χ3v) is 6.13. The summed E-state index contributed by atoms with van der Waals surface area (Å²) in [5.74, 6) is 1.73. The van der Waals surface area contributed by atoms with E-state index in [1.165, 1.54) is 0 Å². The van der Waals surface area contributed by atoms with Gasteiger partial charge in [-0.3, -0.25) is 9.67 Å². The van der Waals surface area contributed by atoms with E-state index in [9.17, 15) is 0 Å². The Morgan fingerprint density at radius 1 is 1.03 bits per heavy atom. The Labute approximate surface area is 211 Å². The Balaban J connectivity index is 1.58. The van der Waals surface area contributed by atoms with Crippen molar-refractivity contribution in [3.05, 3.63) is 61.1 Å². The molecule has 7 heteroatoms. The van der Waals surface area contributed by atoms with Crippen LogP contribution in [-0.4, -0.2) is 45.5 Å². The van der Waals surface area contributed by atoms with Gasteiger partial charge in [-0.2, -0.15) is 5.10 Å². The number of nitrogens with zero attached hydrogens (tertiary/aromatic N) is 3. The van der Waals surface area contributed by atoms with Crippen molar-refractivity contribution in [2.45, 2.75) is 33.3 Å². The maximum absolute atomic E-state index is 6.30. The minimum atomic E-state index is 0.0540. The number of H-pyrrole nitrogens is 1. The molecule has 5 rings (SSSR count). The van der Waals surface area contributed by atoms with Gasteiger partial charge in [-0.25, -0.2) is 0 Å². The molecule has 0 saturated heterocycles. The molecule has 0 bridgehead atoms. The fraction of sp³-hybridized carbons (Fsp3) is 0.310. The molecule has 0 radical (unpaired) electrons. The van der Waals surface area contributed by atoms with E-state index in [0.29, 0.717) is 6.61 Å². The van der Waals surface area contributed by atoms with Gasteiger partial charge in [0.25, 0.3) is 0 Å². The number of aryl methyl sites for hydroxylation is 1. The maximum atomic E-state index is 6.30. The fourth-order valence-electron chi connectivity index (χ4n) is 4.51. The van der Waals surface area contributed by atoms with Gasteiger partial charge in [-0.15, -0.1) is 0 Å². The van der Waals surface area contributed by atoms with Gasteiger partial charge in [-0.05, 0) is 69.3 Å². The van der Waals surface area contributed by atoms with Crippen molar-refractivity contribution in [3.63, 3.8) is 0 Å². The normalized spacial score (nSPS) is 11.6. The molecule has 5 aromatic rings. The molecule has 7 nitrogen and oxygen atoms in total. The first-order chi connectivity index (χ1) is 17.5. The summed E-state index contributed by atoms with van der Waals surface area (Å²) in [6.07, 6.45) is 6.75. The van der Waals surface area contributed by atoms with Crippen LogP contribution in [0.25, 0.3) is 44.2 Å². The number of aromatic amines is 1. The number of ether oxygens (including phenoxy) is 2. The van der Waals surface area contributed by atoms with E-state index in [2.05, 4.69) is 65.4 Å². The SMILES string of the molecule is CCNCCCOc1ccc(-c2c(OC(C)C)ccc3[nH]c4cnc(-c5cnn(C)c5)cc4c23)cc1. The van der Waals surface area contributed by atoms with Gasteiger partial charge >= 0.3 is 0 Å². The lowest BCUT2D eigenvalue weighted by atomic mass is 9.98. The van der Waals surface area contributed by atoms with E-state index in [1.54, 1.807) is 4.68 Å². The Kier molecular flexibility index (Phi) is 6.91. The number of pyridine rings is 1. The molecule has 2 N–H and O–H groups in total. The largest absolute Gasteiger partial charge is 0.494 e. The molecule has 0 aliphatic carbocycles. The van der Waals surface area contributed by atoms with Crippen molar-refractivity contribution in [2.24, 2.45) is 7.05 Å². The zero-order valence-electron chi connectivity index (χ0n) is 21.3. The van der Waals surface area contributed by atoms with Crippen LogP contribution < -0.4 is 14.8 Å². The molecule has 0 saturated carbocycles. The highest BCUT2D eigenvalue weighted by atomic mass is 16.5. The second-order valence-electron chi connectivity index (χ2n) is 9.25. The third kappa shape index (κ3) is 4.93. The zero-order chi connectivity index (χ0) is 25.1. The predicted octanol–water partition coefficient (Wildman–Crippen LogP) is 5.95. The lowest BCUT2D eigenvalue weighted by Gasteiger charge is -2.16. The molecular formula is C29H33N5O2. The molecule has 186 valence electrons. The van der Waals surface area contributed by atoms with Gasteiger partial charge in [0.05, 0.1) is 36.3 Å². The van der Waals surface area contributed by atoms with Crippen LogP contribution in [0.1, 0.15) is 27.2 Å². The molecule has 0 aliphatic heterocycles. The topological polar surface area (TPSA) is 77.0 Å². The van der Waals surface area contributed by atoms with Crippen LogP contribution in [0.15, 0.2) is 61.1 Å². The number of aromatic nitrogens is 4. The molecule has 0 fully saturated rings. The molecule has 0 amide bonds. The van der Waals surface area contributed by atoms with Crippen molar-refractivity contribution in [1.82, 2.24) is 25.1 Å². The Hall–Kier alpha value is -3.84. The molecule has 0 unspecified atom stereocenters. The van der Waals surface area contributed by atoms with Gasteiger partial charge in [0, 0.05) is 40.7 Å². The number of hydrogen-bond acceptors (Lipinski definition) is 5. The Morgan fingerprint density at radius 2 is 1.86 bits per heavy atom.